The molecule has 0 spiro atoms. The summed E-state index contributed by atoms with van der Waals surface area (Å²) in [5, 5.41) is 12.3. The average Bonchev–Trinajstić information content (AvgIpc) is 3.06. The average molecular weight is 367 g/mol. The van der Waals surface area contributed by atoms with Crippen molar-refractivity contribution in [2.75, 3.05) is 11.9 Å². The van der Waals surface area contributed by atoms with E-state index in [1.54, 1.807) is 12.1 Å². The van der Waals surface area contributed by atoms with Crippen LogP contribution in [0.3, 0.4) is 0 Å². The Bertz CT molecular complexity index is 904. The Morgan fingerprint density at radius 2 is 1.85 bits per heavy atom. The van der Waals surface area contributed by atoms with Crippen LogP contribution in [0.1, 0.15) is 32.1 Å². The van der Waals surface area contributed by atoms with E-state index < -0.39 is 0 Å². The van der Waals surface area contributed by atoms with Gasteiger partial charge in [-0.3, -0.25) is 10.1 Å². The van der Waals surface area contributed by atoms with Crippen molar-refractivity contribution in [1.29, 1.82) is 0 Å². The number of aromatic nitrogens is 2. The minimum absolute atomic E-state index is 0.181. The normalized spacial score (nSPS) is 10.6. The third-order valence-corrected chi connectivity index (χ3v) is 5.03. The second-order valence-corrected chi connectivity index (χ2v) is 7.18. The van der Waals surface area contributed by atoms with Gasteiger partial charge < -0.3 is 4.74 Å². The number of hydrogen-bond acceptors (Lipinski definition) is 5. The van der Waals surface area contributed by atoms with Crippen molar-refractivity contribution in [2.45, 2.75) is 27.2 Å². The van der Waals surface area contributed by atoms with Gasteiger partial charge in [0.05, 0.1) is 6.61 Å². The topological polar surface area (TPSA) is 64.1 Å². The van der Waals surface area contributed by atoms with E-state index in [1.165, 1.54) is 16.9 Å². The van der Waals surface area contributed by atoms with E-state index in [0.717, 1.165) is 21.9 Å². The van der Waals surface area contributed by atoms with Crippen LogP contribution in [-0.2, 0) is 6.42 Å². The molecule has 3 rings (SSSR count). The Balaban J connectivity index is 1.54. The fourth-order valence-corrected chi connectivity index (χ4v) is 3.12. The highest BCUT2D eigenvalue weighted by molar-refractivity contribution is 7.15. The Kier molecular flexibility index (Phi) is 5.63. The number of anilines is 1. The second-order valence-electron chi connectivity index (χ2n) is 6.12. The summed E-state index contributed by atoms with van der Waals surface area (Å²) < 4.78 is 5.84. The molecule has 1 N–H and O–H groups in total. The van der Waals surface area contributed by atoms with E-state index in [4.69, 9.17) is 4.74 Å². The Morgan fingerprint density at radius 3 is 2.62 bits per heavy atom. The molecule has 1 aromatic heterocycles. The van der Waals surface area contributed by atoms with Crippen LogP contribution in [-0.4, -0.2) is 22.7 Å². The maximum absolute atomic E-state index is 12.2. The molecule has 134 valence electrons. The van der Waals surface area contributed by atoms with Crippen LogP contribution in [0.2, 0.25) is 0 Å². The largest absolute Gasteiger partial charge is 0.493 e. The van der Waals surface area contributed by atoms with E-state index in [-0.39, 0.29) is 5.91 Å². The van der Waals surface area contributed by atoms with Gasteiger partial charge in [-0.05, 0) is 50.1 Å². The van der Waals surface area contributed by atoms with Crippen LogP contribution < -0.4 is 10.1 Å². The summed E-state index contributed by atoms with van der Waals surface area (Å²) in [7, 11) is 0. The number of amides is 1. The minimum atomic E-state index is -0.181. The van der Waals surface area contributed by atoms with Crippen LogP contribution in [0.15, 0.2) is 42.5 Å². The fourth-order valence-electron chi connectivity index (χ4n) is 2.41. The van der Waals surface area contributed by atoms with Gasteiger partial charge in [-0.25, -0.2) is 0 Å². The standard InChI is InChI=1S/C20H21N3O2S/c1-13-7-9-16(10-8-13)19(24)21-20-23-22-18(26-20)11-12-25-17-6-4-5-14(2)15(17)3/h4-10H,11-12H2,1-3H3,(H,21,23,24). The lowest BCUT2D eigenvalue weighted by atomic mass is 10.1. The van der Waals surface area contributed by atoms with E-state index in [1.807, 2.05) is 38.1 Å². The maximum atomic E-state index is 12.2. The van der Waals surface area contributed by atoms with Crippen molar-refractivity contribution in [2.24, 2.45) is 0 Å². The summed E-state index contributed by atoms with van der Waals surface area (Å²) in [4.78, 5) is 12.2. The molecule has 26 heavy (non-hydrogen) atoms. The van der Waals surface area contributed by atoms with Crippen molar-refractivity contribution in [3.63, 3.8) is 0 Å². The molecule has 6 heteroatoms. The van der Waals surface area contributed by atoms with Crippen molar-refractivity contribution >= 4 is 22.4 Å². The Morgan fingerprint density at radius 1 is 1.08 bits per heavy atom. The highest BCUT2D eigenvalue weighted by atomic mass is 32.1. The van der Waals surface area contributed by atoms with Gasteiger partial charge in [-0.1, -0.05) is 41.2 Å². The number of nitrogens with zero attached hydrogens (tertiary/aromatic N) is 2. The first kappa shape index (κ1) is 18.1. The van der Waals surface area contributed by atoms with E-state index in [0.29, 0.717) is 23.7 Å². The van der Waals surface area contributed by atoms with Crippen molar-refractivity contribution in [1.82, 2.24) is 10.2 Å². The van der Waals surface area contributed by atoms with Gasteiger partial charge in [0.15, 0.2) is 0 Å². The SMILES string of the molecule is Cc1ccc(C(=O)Nc2nnc(CCOc3cccc(C)c3C)s2)cc1. The van der Waals surface area contributed by atoms with Crippen LogP contribution >= 0.6 is 11.3 Å². The number of benzene rings is 2. The quantitative estimate of drug-likeness (QED) is 0.704. The molecule has 0 aliphatic heterocycles. The molecule has 0 aliphatic rings. The number of nitrogens with one attached hydrogen (secondary N) is 1. The predicted molar refractivity (Wildman–Crippen MR) is 104 cm³/mol. The number of aryl methyl sites for hydroxylation is 2. The molecule has 0 radical (unpaired) electrons. The molecule has 1 heterocycles. The first-order chi connectivity index (χ1) is 12.5. The first-order valence-electron chi connectivity index (χ1n) is 8.42. The highest BCUT2D eigenvalue weighted by Crippen LogP contribution is 2.21. The molecule has 5 nitrogen and oxygen atoms in total. The summed E-state index contributed by atoms with van der Waals surface area (Å²) in [6.45, 7) is 6.62. The van der Waals surface area contributed by atoms with E-state index in [9.17, 15) is 4.79 Å². The number of carbonyl (C=O) groups is 1. The van der Waals surface area contributed by atoms with Gasteiger partial charge in [-0.2, -0.15) is 0 Å². The van der Waals surface area contributed by atoms with Gasteiger partial charge in [0.1, 0.15) is 10.8 Å². The van der Waals surface area contributed by atoms with E-state index in [2.05, 4.69) is 28.5 Å². The van der Waals surface area contributed by atoms with Crippen LogP contribution in [0, 0.1) is 20.8 Å². The van der Waals surface area contributed by atoms with E-state index >= 15 is 0 Å². The molecular weight excluding hydrogens is 346 g/mol. The van der Waals surface area contributed by atoms with Gasteiger partial charge in [0.2, 0.25) is 5.13 Å². The molecule has 0 saturated heterocycles. The lowest BCUT2D eigenvalue weighted by molar-refractivity contribution is 0.102. The Labute approximate surface area is 157 Å². The third kappa shape index (κ3) is 4.46. The number of hydrogen-bond donors (Lipinski definition) is 1. The molecule has 0 bridgehead atoms. The van der Waals surface area contributed by atoms with Crippen molar-refractivity contribution in [3.05, 3.63) is 69.7 Å². The molecule has 0 unspecified atom stereocenters. The van der Waals surface area contributed by atoms with Gasteiger partial charge in [0, 0.05) is 12.0 Å². The zero-order valence-electron chi connectivity index (χ0n) is 15.1. The van der Waals surface area contributed by atoms with Crippen molar-refractivity contribution < 1.29 is 9.53 Å². The molecular formula is C20H21N3O2S. The number of rotatable bonds is 6. The lowest BCUT2D eigenvalue weighted by Gasteiger charge is -2.09. The molecule has 3 aromatic rings. The summed E-state index contributed by atoms with van der Waals surface area (Å²) in [6.07, 6.45) is 0.644. The summed E-state index contributed by atoms with van der Waals surface area (Å²) >= 11 is 1.37. The lowest BCUT2D eigenvalue weighted by Crippen LogP contribution is -2.11. The first-order valence-corrected chi connectivity index (χ1v) is 9.24. The molecule has 0 atom stereocenters. The molecule has 0 aliphatic carbocycles. The second kappa shape index (κ2) is 8.10. The number of carbonyl (C=O) groups excluding carboxylic acids is 1. The van der Waals surface area contributed by atoms with Gasteiger partial charge in [-0.15, -0.1) is 10.2 Å². The van der Waals surface area contributed by atoms with Crippen LogP contribution in [0.5, 0.6) is 5.75 Å². The molecule has 0 fully saturated rings. The van der Waals surface area contributed by atoms with Crippen LogP contribution in [0.25, 0.3) is 0 Å². The minimum Gasteiger partial charge on any atom is -0.493 e. The van der Waals surface area contributed by atoms with Crippen LogP contribution in [0.4, 0.5) is 5.13 Å². The zero-order chi connectivity index (χ0) is 18.5. The fraction of sp³-hybridized carbons (Fsp3) is 0.250. The van der Waals surface area contributed by atoms with Gasteiger partial charge >= 0.3 is 0 Å². The summed E-state index contributed by atoms with van der Waals surface area (Å²) in [5.74, 6) is 0.710. The molecule has 2 aromatic carbocycles. The molecule has 1 amide bonds. The zero-order valence-corrected chi connectivity index (χ0v) is 15.9. The highest BCUT2D eigenvalue weighted by Gasteiger charge is 2.10. The monoisotopic (exact) mass is 367 g/mol. The predicted octanol–water partition coefficient (Wildman–Crippen LogP) is 4.34. The smallest absolute Gasteiger partial charge is 0.257 e. The van der Waals surface area contributed by atoms with Gasteiger partial charge in [0.25, 0.3) is 5.91 Å². The Hall–Kier alpha value is -2.73. The maximum Gasteiger partial charge on any atom is 0.257 e. The van der Waals surface area contributed by atoms with Crippen molar-refractivity contribution in [3.8, 4) is 5.75 Å². The summed E-state index contributed by atoms with van der Waals surface area (Å²) in [6, 6.07) is 13.4. The molecule has 0 saturated carbocycles. The number of ether oxygens (including phenoxy) is 1. The third-order valence-electron chi connectivity index (χ3n) is 4.13. The summed E-state index contributed by atoms with van der Waals surface area (Å²) in [5.41, 5.74) is 4.07.